The van der Waals surface area contributed by atoms with E-state index in [1.54, 1.807) is 19.3 Å². The highest BCUT2D eigenvalue weighted by molar-refractivity contribution is 7.13. The van der Waals surface area contributed by atoms with Crippen molar-refractivity contribution in [3.05, 3.63) is 28.8 Å². The molecular weight excluding hydrogens is 490 g/mol. The van der Waals surface area contributed by atoms with E-state index in [1.165, 1.54) is 11.3 Å². The Morgan fingerprint density at radius 2 is 2.00 bits per heavy atom. The van der Waals surface area contributed by atoms with E-state index in [-0.39, 0.29) is 24.4 Å². The lowest BCUT2D eigenvalue weighted by Crippen LogP contribution is -2.33. The number of halogens is 2. The summed E-state index contributed by atoms with van der Waals surface area (Å²) in [5, 5.41) is 0.342. The van der Waals surface area contributed by atoms with E-state index in [4.69, 9.17) is 14.2 Å². The van der Waals surface area contributed by atoms with Crippen LogP contribution in [0, 0.1) is 12.8 Å². The Balaban J connectivity index is 1.11. The number of rotatable bonds is 11. The Labute approximate surface area is 214 Å². The Hall–Kier alpha value is -2.24. The quantitative estimate of drug-likeness (QED) is 0.438. The molecule has 11 heteroatoms. The number of hydrogen-bond donors (Lipinski definition) is 0. The molecule has 198 valence electrons. The van der Waals surface area contributed by atoms with Crippen LogP contribution in [0.1, 0.15) is 49.0 Å². The van der Waals surface area contributed by atoms with Gasteiger partial charge in [0.2, 0.25) is 0 Å². The first-order valence-corrected chi connectivity index (χ1v) is 13.3. The number of thiazole rings is 1. The van der Waals surface area contributed by atoms with Gasteiger partial charge in [0.15, 0.2) is 18.1 Å². The number of aromatic nitrogens is 3. The van der Waals surface area contributed by atoms with E-state index in [0.717, 1.165) is 69.2 Å². The molecule has 2 aliphatic heterocycles. The van der Waals surface area contributed by atoms with Gasteiger partial charge in [-0.25, -0.2) is 23.7 Å². The van der Waals surface area contributed by atoms with E-state index in [2.05, 4.69) is 19.9 Å². The third-order valence-electron chi connectivity index (χ3n) is 6.43. The SMILES string of the molecule is Cc1ncc(OCC(=O)CC2CCC(CCN3CCc4nc(OCC(C)(F)F)sc4CC3)OC2)cn1. The number of carbonyl (C=O) groups is 1. The van der Waals surface area contributed by atoms with Crippen molar-refractivity contribution in [1.29, 1.82) is 0 Å². The van der Waals surface area contributed by atoms with Gasteiger partial charge in [-0.2, -0.15) is 0 Å². The van der Waals surface area contributed by atoms with Crippen LogP contribution in [0.2, 0.25) is 0 Å². The molecular formula is C25H34F2N4O4S. The molecule has 0 spiro atoms. The topological polar surface area (TPSA) is 86.7 Å². The Kier molecular flexibility index (Phi) is 9.19. The van der Waals surface area contributed by atoms with Crippen molar-refractivity contribution in [2.45, 2.75) is 64.4 Å². The highest BCUT2D eigenvalue weighted by atomic mass is 32.1. The lowest BCUT2D eigenvalue weighted by atomic mass is 9.93. The number of carbonyl (C=O) groups excluding carboxylic acids is 1. The van der Waals surface area contributed by atoms with Crippen molar-refractivity contribution in [3.63, 3.8) is 0 Å². The van der Waals surface area contributed by atoms with Crippen molar-refractivity contribution >= 4 is 17.1 Å². The largest absolute Gasteiger partial charge is 0.483 e. The van der Waals surface area contributed by atoms with Gasteiger partial charge in [-0.15, -0.1) is 0 Å². The fourth-order valence-corrected chi connectivity index (χ4v) is 5.38. The van der Waals surface area contributed by atoms with Crippen molar-refractivity contribution < 1.29 is 27.8 Å². The zero-order valence-corrected chi connectivity index (χ0v) is 21.7. The maximum atomic E-state index is 13.0. The lowest BCUT2D eigenvalue weighted by Gasteiger charge is -2.30. The van der Waals surface area contributed by atoms with Gasteiger partial charge in [0.25, 0.3) is 11.1 Å². The normalized spacial score (nSPS) is 21.0. The highest BCUT2D eigenvalue weighted by Crippen LogP contribution is 2.30. The summed E-state index contributed by atoms with van der Waals surface area (Å²) in [6.07, 6.45) is 8.36. The van der Waals surface area contributed by atoms with Gasteiger partial charge in [-0.05, 0) is 38.5 Å². The number of alkyl halides is 2. The maximum Gasteiger partial charge on any atom is 0.278 e. The zero-order valence-electron chi connectivity index (χ0n) is 20.9. The molecule has 1 fully saturated rings. The van der Waals surface area contributed by atoms with Crippen LogP contribution in [0.25, 0.3) is 0 Å². The van der Waals surface area contributed by atoms with Crippen LogP contribution in [0.5, 0.6) is 10.9 Å². The van der Waals surface area contributed by atoms with Crippen molar-refractivity contribution in [2.24, 2.45) is 5.92 Å². The first-order chi connectivity index (χ1) is 17.2. The molecule has 0 N–H and O–H groups in total. The van der Waals surface area contributed by atoms with Gasteiger partial charge in [-0.1, -0.05) is 11.3 Å². The van der Waals surface area contributed by atoms with E-state index in [0.29, 0.717) is 29.8 Å². The minimum Gasteiger partial charge on any atom is -0.483 e. The minimum atomic E-state index is -2.86. The molecule has 2 aromatic heterocycles. The van der Waals surface area contributed by atoms with Crippen LogP contribution in [0.4, 0.5) is 8.78 Å². The fraction of sp³-hybridized carbons (Fsp3) is 0.680. The molecule has 4 heterocycles. The number of fused-ring (bicyclic) bond motifs is 1. The van der Waals surface area contributed by atoms with E-state index >= 15 is 0 Å². The number of nitrogens with zero attached hydrogens (tertiary/aromatic N) is 4. The number of Topliss-reactive ketones (excluding diaryl/α,β-unsaturated/α-hetero) is 1. The summed E-state index contributed by atoms with van der Waals surface area (Å²) < 4.78 is 42.8. The minimum absolute atomic E-state index is 0.0281. The summed E-state index contributed by atoms with van der Waals surface area (Å²) in [5.41, 5.74) is 0.970. The third-order valence-corrected chi connectivity index (χ3v) is 7.50. The summed E-state index contributed by atoms with van der Waals surface area (Å²) in [7, 11) is 0. The summed E-state index contributed by atoms with van der Waals surface area (Å²) in [4.78, 5) is 28.4. The van der Waals surface area contributed by atoms with Gasteiger partial charge in [-0.3, -0.25) is 4.79 Å². The molecule has 4 rings (SSSR count). The van der Waals surface area contributed by atoms with Crippen molar-refractivity contribution in [3.8, 4) is 10.9 Å². The number of hydrogen-bond acceptors (Lipinski definition) is 9. The lowest BCUT2D eigenvalue weighted by molar-refractivity contribution is -0.123. The van der Waals surface area contributed by atoms with E-state index in [1.807, 2.05) is 0 Å². The molecule has 0 saturated carbocycles. The van der Waals surface area contributed by atoms with Gasteiger partial charge in [0.1, 0.15) is 12.4 Å². The molecule has 1 saturated heterocycles. The molecule has 0 amide bonds. The summed E-state index contributed by atoms with van der Waals surface area (Å²) >= 11 is 1.38. The average molecular weight is 525 g/mol. The maximum absolute atomic E-state index is 13.0. The molecule has 0 bridgehead atoms. The first-order valence-electron chi connectivity index (χ1n) is 12.5. The predicted octanol–water partition coefficient (Wildman–Crippen LogP) is 3.90. The molecule has 2 aromatic rings. The number of aryl methyl sites for hydroxylation is 1. The summed E-state index contributed by atoms with van der Waals surface area (Å²) in [5.74, 6) is -1.40. The van der Waals surface area contributed by atoms with Crippen LogP contribution in [-0.4, -0.2) is 77.1 Å². The molecule has 2 aliphatic rings. The standard InChI is InChI=1S/C25H34F2N4O4S/c1-17-28-12-21(13-29-17)34-15-19(32)11-18-3-4-20(33-14-18)5-8-31-9-6-22-23(7-10-31)36-24(30-22)35-16-25(2,26)27/h12-13,18,20H,3-11,14-16H2,1-2H3. The molecule has 2 atom stereocenters. The third kappa shape index (κ3) is 8.41. The van der Waals surface area contributed by atoms with Gasteiger partial charge >= 0.3 is 0 Å². The van der Waals surface area contributed by atoms with Gasteiger partial charge < -0.3 is 19.1 Å². The fourth-order valence-electron chi connectivity index (χ4n) is 4.44. The molecule has 36 heavy (non-hydrogen) atoms. The van der Waals surface area contributed by atoms with Crippen molar-refractivity contribution in [1.82, 2.24) is 19.9 Å². The van der Waals surface area contributed by atoms with Crippen LogP contribution in [0.15, 0.2) is 12.4 Å². The van der Waals surface area contributed by atoms with Gasteiger partial charge in [0, 0.05) is 44.3 Å². The predicted molar refractivity (Wildman–Crippen MR) is 131 cm³/mol. The second kappa shape index (κ2) is 12.3. The Morgan fingerprint density at radius 1 is 1.22 bits per heavy atom. The first kappa shape index (κ1) is 26.8. The molecule has 0 radical (unpaired) electrons. The van der Waals surface area contributed by atoms with Crippen LogP contribution >= 0.6 is 11.3 Å². The Morgan fingerprint density at radius 3 is 2.72 bits per heavy atom. The Bertz CT molecular complexity index is 965. The highest BCUT2D eigenvalue weighted by Gasteiger charge is 2.26. The second-order valence-corrected chi connectivity index (χ2v) is 10.8. The summed E-state index contributed by atoms with van der Waals surface area (Å²) in [6.45, 7) is 5.37. The smallest absolute Gasteiger partial charge is 0.278 e. The van der Waals surface area contributed by atoms with Crippen LogP contribution in [0.3, 0.4) is 0 Å². The average Bonchev–Trinajstić information content (AvgIpc) is 3.15. The zero-order chi connectivity index (χ0) is 25.5. The number of ketones is 1. The molecule has 0 aliphatic carbocycles. The van der Waals surface area contributed by atoms with E-state index < -0.39 is 12.5 Å². The molecule has 8 nitrogen and oxygen atoms in total. The molecule has 0 aromatic carbocycles. The van der Waals surface area contributed by atoms with Gasteiger partial charge in [0.05, 0.1) is 30.8 Å². The summed E-state index contributed by atoms with van der Waals surface area (Å²) in [6, 6.07) is 0. The molecule has 2 unspecified atom stereocenters. The number of ether oxygens (including phenoxy) is 3. The van der Waals surface area contributed by atoms with Crippen LogP contribution < -0.4 is 9.47 Å². The van der Waals surface area contributed by atoms with E-state index in [9.17, 15) is 13.6 Å². The van der Waals surface area contributed by atoms with Crippen molar-refractivity contribution in [2.75, 3.05) is 39.5 Å². The monoisotopic (exact) mass is 524 g/mol. The second-order valence-electron chi connectivity index (χ2n) is 9.74. The van der Waals surface area contributed by atoms with Crippen LogP contribution in [-0.2, 0) is 22.4 Å².